The van der Waals surface area contributed by atoms with E-state index < -0.39 is 61.2 Å². The first-order valence-corrected chi connectivity index (χ1v) is 11.8. The number of nitrogens with zero attached hydrogens (tertiary/aromatic N) is 1. The van der Waals surface area contributed by atoms with Crippen LogP contribution in [0, 0.1) is 0 Å². The Morgan fingerprint density at radius 1 is 1.15 bits per heavy atom. The Bertz CT molecular complexity index is 1270. The zero-order valence-corrected chi connectivity index (χ0v) is 20.8. The molecule has 0 aromatic heterocycles. The molecule has 0 bridgehead atoms. The molecular weight excluding hydrogens is 549 g/mol. The summed E-state index contributed by atoms with van der Waals surface area (Å²) in [5.41, 5.74) is 0.334. The van der Waals surface area contributed by atoms with Crippen molar-refractivity contribution in [1.29, 1.82) is 0 Å². The van der Waals surface area contributed by atoms with Crippen LogP contribution in [-0.2, 0) is 9.59 Å². The average molecular weight is 573 g/mol. The molecule has 2 aromatic carbocycles. The second kappa shape index (κ2) is 12.7. The van der Waals surface area contributed by atoms with Crippen LogP contribution in [-0.4, -0.2) is 71.0 Å². The van der Waals surface area contributed by atoms with Gasteiger partial charge in [-0.1, -0.05) is 11.6 Å². The molecule has 1 aliphatic rings. The molecule has 0 aliphatic carbocycles. The van der Waals surface area contributed by atoms with E-state index in [1.54, 1.807) is 0 Å². The van der Waals surface area contributed by atoms with E-state index in [4.69, 9.17) is 11.6 Å². The molecule has 1 heterocycles. The van der Waals surface area contributed by atoms with Crippen LogP contribution in [0.3, 0.4) is 0 Å². The van der Waals surface area contributed by atoms with Gasteiger partial charge in [-0.3, -0.25) is 19.4 Å². The van der Waals surface area contributed by atoms with Crippen molar-refractivity contribution >= 4 is 40.9 Å². The van der Waals surface area contributed by atoms with Crippen molar-refractivity contribution < 1.29 is 47.6 Å². The molecule has 0 saturated carbocycles. The van der Waals surface area contributed by atoms with Crippen LogP contribution in [0.4, 0.5) is 18.9 Å². The Morgan fingerprint density at radius 3 is 2.54 bits per heavy atom. The van der Waals surface area contributed by atoms with E-state index in [0.717, 1.165) is 18.2 Å². The summed E-state index contributed by atoms with van der Waals surface area (Å²) < 4.78 is 41.8. The maximum absolute atomic E-state index is 12.6. The summed E-state index contributed by atoms with van der Waals surface area (Å²) in [6.45, 7) is -0.0981. The lowest BCUT2D eigenvalue weighted by Gasteiger charge is -2.20. The van der Waals surface area contributed by atoms with Gasteiger partial charge in [0.15, 0.2) is 11.7 Å². The fourth-order valence-corrected chi connectivity index (χ4v) is 3.96. The number of aliphatic hydroxyl groups excluding tert-OH is 1. The number of aliphatic hydroxyl groups is 1. The van der Waals surface area contributed by atoms with Gasteiger partial charge in [0.05, 0.1) is 25.6 Å². The number of Topliss-reactive ketones (excluding diaryl/α,β-unsaturated/α-hetero) is 1. The van der Waals surface area contributed by atoms with E-state index in [9.17, 15) is 42.9 Å². The van der Waals surface area contributed by atoms with Gasteiger partial charge in [-0.2, -0.15) is 0 Å². The number of rotatable bonds is 10. The number of β-amino-alcohol motifs (C(OH)–C–C–N with tert-alkyl or cyclic N) is 1. The van der Waals surface area contributed by atoms with E-state index >= 15 is 0 Å². The van der Waals surface area contributed by atoms with Crippen LogP contribution < -0.4 is 20.7 Å². The molecule has 1 unspecified atom stereocenters. The molecule has 0 spiro atoms. The predicted molar refractivity (Wildman–Crippen MR) is 133 cm³/mol. The molecule has 0 radical (unpaired) electrons. The van der Waals surface area contributed by atoms with Crippen LogP contribution in [0.25, 0.3) is 0 Å². The minimum absolute atomic E-state index is 0.00684. The molecule has 0 fully saturated rings. The third-order valence-corrected chi connectivity index (χ3v) is 5.57. The molecular formula is C24H24ClF3N4O7. The van der Waals surface area contributed by atoms with Gasteiger partial charge >= 0.3 is 12.3 Å². The number of alkyl halides is 3. The summed E-state index contributed by atoms with van der Waals surface area (Å²) in [4.78, 5) is 40.7. The number of aliphatic imine (C=N–C) groups is 1. The number of aliphatic carboxylic acids is 1. The summed E-state index contributed by atoms with van der Waals surface area (Å²) in [7, 11) is 0. The van der Waals surface area contributed by atoms with E-state index in [1.807, 2.05) is 0 Å². The highest BCUT2D eigenvalue weighted by Crippen LogP contribution is 2.33. The van der Waals surface area contributed by atoms with E-state index in [2.05, 4.69) is 25.7 Å². The maximum atomic E-state index is 12.6. The Kier molecular flexibility index (Phi) is 9.59. The Balaban J connectivity index is 1.66. The summed E-state index contributed by atoms with van der Waals surface area (Å²) in [5.74, 6) is -4.30. The fourth-order valence-electron chi connectivity index (χ4n) is 3.73. The molecule has 11 nitrogen and oxygen atoms in total. The number of phenols is 1. The predicted octanol–water partition coefficient (Wildman–Crippen LogP) is 2.62. The number of ketones is 1. The SMILES string of the molecule is O=C(O)C[C@H](CC(=O)CNC(=O)c1cc(O)cc(NC2=NCC(O)CN2)c1)c1cc(Cl)cc(OC(F)(F)F)c1. The van der Waals surface area contributed by atoms with Crippen LogP contribution in [0.1, 0.15) is 34.7 Å². The van der Waals surface area contributed by atoms with Crippen LogP contribution in [0.5, 0.6) is 11.5 Å². The highest BCUT2D eigenvalue weighted by atomic mass is 35.5. The molecule has 1 aliphatic heterocycles. The van der Waals surface area contributed by atoms with Crippen LogP contribution in [0.2, 0.25) is 5.02 Å². The number of carbonyl (C=O) groups excluding carboxylic acids is 2. The molecule has 15 heteroatoms. The third kappa shape index (κ3) is 9.65. The third-order valence-electron chi connectivity index (χ3n) is 5.35. The number of carboxylic acid groups (broad SMARTS) is 1. The van der Waals surface area contributed by atoms with Gasteiger partial charge in [0, 0.05) is 41.2 Å². The number of phenolic OH excluding ortho intramolecular Hbond substituents is 1. The number of carboxylic acids is 1. The number of ether oxygens (including phenoxy) is 1. The number of hydrogen-bond acceptors (Lipinski definition) is 9. The monoisotopic (exact) mass is 572 g/mol. The van der Waals surface area contributed by atoms with E-state index in [1.165, 1.54) is 18.2 Å². The summed E-state index contributed by atoms with van der Waals surface area (Å²) in [6.07, 6.45) is -6.66. The smallest absolute Gasteiger partial charge is 0.508 e. The molecule has 6 N–H and O–H groups in total. The average Bonchev–Trinajstić information content (AvgIpc) is 2.81. The lowest BCUT2D eigenvalue weighted by Crippen LogP contribution is -2.42. The number of guanidine groups is 1. The minimum atomic E-state index is -5.01. The van der Waals surface area contributed by atoms with E-state index in [0.29, 0.717) is 11.6 Å². The number of aromatic hydroxyl groups is 1. The number of nitrogens with one attached hydrogen (secondary N) is 3. The largest absolute Gasteiger partial charge is 0.573 e. The summed E-state index contributed by atoms with van der Waals surface area (Å²) in [5, 5.41) is 36.7. The molecule has 1 amide bonds. The second-order valence-corrected chi connectivity index (χ2v) is 9.04. The Labute approximate surface area is 224 Å². The zero-order chi connectivity index (χ0) is 28.7. The second-order valence-electron chi connectivity index (χ2n) is 8.61. The van der Waals surface area contributed by atoms with Gasteiger partial charge in [0.1, 0.15) is 11.5 Å². The maximum Gasteiger partial charge on any atom is 0.573 e. The number of anilines is 1. The van der Waals surface area contributed by atoms with Gasteiger partial charge in [-0.05, 0) is 35.9 Å². The first-order valence-electron chi connectivity index (χ1n) is 11.4. The van der Waals surface area contributed by atoms with Gasteiger partial charge < -0.3 is 36.0 Å². The molecule has 0 saturated heterocycles. The summed E-state index contributed by atoms with van der Waals surface area (Å²) >= 11 is 5.88. The van der Waals surface area contributed by atoms with Crippen molar-refractivity contribution in [3.8, 4) is 11.5 Å². The lowest BCUT2D eigenvalue weighted by atomic mass is 9.90. The van der Waals surface area contributed by atoms with Crippen molar-refractivity contribution in [3.63, 3.8) is 0 Å². The first-order chi connectivity index (χ1) is 18.3. The van der Waals surface area contributed by atoms with Crippen molar-refractivity contribution in [2.24, 2.45) is 4.99 Å². The molecule has 39 heavy (non-hydrogen) atoms. The molecule has 2 aromatic rings. The molecule has 210 valence electrons. The van der Waals surface area contributed by atoms with Crippen molar-refractivity contribution in [2.75, 3.05) is 25.0 Å². The van der Waals surface area contributed by atoms with E-state index in [-0.39, 0.29) is 35.0 Å². The molecule has 2 atom stereocenters. The lowest BCUT2D eigenvalue weighted by molar-refractivity contribution is -0.274. The minimum Gasteiger partial charge on any atom is -0.508 e. The van der Waals surface area contributed by atoms with Gasteiger partial charge in [0.2, 0.25) is 0 Å². The fraction of sp³-hybridized carbons (Fsp3) is 0.333. The number of amides is 1. The van der Waals surface area contributed by atoms with Gasteiger partial charge in [-0.15, -0.1) is 13.2 Å². The highest BCUT2D eigenvalue weighted by Gasteiger charge is 2.32. The zero-order valence-electron chi connectivity index (χ0n) is 20.1. The number of hydrogen-bond donors (Lipinski definition) is 6. The number of carbonyl (C=O) groups is 3. The summed E-state index contributed by atoms with van der Waals surface area (Å²) in [6, 6.07) is 6.96. The van der Waals surface area contributed by atoms with Crippen LogP contribution in [0.15, 0.2) is 41.4 Å². The van der Waals surface area contributed by atoms with Gasteiger partial charge in [-0.25, -0.2) is 0 Å². The topological polar surface area (TPSA) is 170 Å². The molecule has 3 rings (SSSR count). The Morgan fingerprint density at radius 2 is 1.90 bits per heavy atom. The van der Waals surface area contributed by atoms with Gasteiger partial charge in [0.25, 0.3) is 5.91 Å². The van der Waals surface area contributed by atoms with Crippen molar-refractivity contribution in [2.45, 2.75) is 31.2 Å². The number of benzene rings is 2. The Hall–Kier alpha value is -4.04. The normalized spacial score (nSPS) is 15.9. The standard InChI is InChI=1S/C24H24ClF3N4O7/c25-15-1-12(5-20(7-15)39-24(26,27)28)13(6-21(36)37)3-18(34)9-29-22(38)14-2-16(8-17(33)4-14)32-23-30-10-19(35)11-31-23/h1-2,4-5,7-8,13,19,33,35H,3,6,9-11H2,(H,29,38)(H,36,37)(H2,30,31,32)/t13-/m0/s1. The first kappa shape index (κ1) is 29.5. The number of halogens is 4. The quantitative estimate of drug-likeness (QED) is 0.250. The van der Waals surface area contributed by atoms with Crippen molar-refractivity contribution in [3.05, 3.63) is 52.5 Å². The van der Waals surface area contributed by atoms with Crippen LogP contribution >= 0.6 is 11.6 Å². The highest BCUT2D eigenvalue weighted by molar-refractivity contribution is 6.30. The van der Waals surface area contributed by atoms with Crippen molar-refractivity contribution in [1.82, 2.24) is 10.6 Å².